The highest BCUT2D eigenvalue weighted by Gasteiger charge is 2.14. The van der Waals surface area contributed by atoms with Gasteiger partial charge in [0.2, 0.25) is 0 Å². The van der Waals surface area contributed by atoms with Gasteiger partial charge in [0.25, 0.3) is 0 Å². The predicted molar refractivity (Wildman–Crippen MR) is 62.0 cm³/mol. The van der Waals surface area contributed by atoms with E-state index in [1.807, 2.05) is 44.2 Å². The highest BCUT2D eigenvalue weighted by molar-refractivity contribution is 9.12. The van der Waals surface area contributed by atoms with E-state index in [-0.39, 0.29) is 0 Å². The van der Waals surface area contributed by atoms with Crippen LogP contribution in [-0.4, -0.2) is 5.60 Å². The second-order valence-corrected chi connectivity index (χ2v) is 3.90. The molecule has 0 saturated heterocycles. The lowest BCUT2D eigenvalue weighted by Gasteiger charge is -2.18. The van der Waals surface area contributed by atoms with Crippen molar-refractivity contribution in [3.05, 3.63) is 35.9 Å². The first-order valence-corrected chi connectivity index (χ1v) is 5.24. The molecule has 0 unspecified atom stereocenters. The van der Waals surface area contributed by atoms with Gasteiger partial charge in [0.15, 0.2) is 0 Å². The molecule has 0 heterocycles. The third-order valence-corrected chi connectivity index (χ3v) is 1.99. The molecule has 1 nitrogen and oxygen atoms in total. The van der Waals surface area contributed by atoms with Gasteiger partial charge in [-0.3, -0.25) is 0 Å². The van der Waals surface area contributed by atoms with Crippen LogP contribution in [0.4, 0.5) is 0 Å². The van der Waals surface area contributed by atoms with Crippen LogP contribution in [0.2, 0.25) is 0 Å². The molecule has 1 aromatic carbocycles. The SMILES string of the molecule is CC(C)(C#CBr)OCc1ccccc1. The van der Waals surface area contributed by atoms with Crippen molar-refractivity contribution in [2.45, 2.75) is 26.1 Å². The minimum atomic E-state index is -0.403. The van der Waals surface area contributed by atoms with Crippen LogP contribution in [0, 0.1) is 10.8 Å². The van der Waals surface area contributed by atoms with E-state index < -0.39 is 5.60 Å². The van der Waals surface area contributed by atoms with Gasteiger partial charge in [-0.15, -0.1) is 0 Å². The summed E-state index contributed by atoms with van der Waals surface area (Å²) in [6, 6.07) is 10.1. The van der Waals surface area contributed by atoms with Crippen LogP contribution in [0.15, 0.2) is 30.3 Å². The molecular weight excluding hydrogens is 240 g/mol. The number of rotatable bonds is 3. The molecule has 0 spiro atoms. The summed E-state index contributed by atoms with van der Waals surface area (Å²) in [4.78, 5) is 2.68. The van der Waals surface area contributed by atoms with Crippen LogP contribution in [0.5, 0.6) is 0 Å². The lowest BCUT2D eigenvalue weighted by Crippen LogP contribution is -2.21. The third kappa shape index (κ3) is 3.95. The van der Waals surface area contributed by atoms with Gasteiger partial charge in [-0.2, -0.15) is 0 Å². The fourth-order valence-corrected chi connectivity index (χ4v) is 1.47. The van der Waals surface area contributed by atoms with E-state index >= 15 is 0 Å². The van der Waals surface area contributed by atoms with Gasteiger partial charge in [-0.25, -0.2) is 0 Å². The summed E-state index contributed by atoms with van der Waals surface area (Å²) in [7, 11) is 0. The van der Waals surface area contributed by atoms with E-state index in [1.165, 1.54) is 0 Å². The van der Waals surface area contributed by atoms with Crippen LogP contribution in [0.25, 0.3) is 0 Å². The second-order valence-electron chi connectivity index (χ2n) is 3.50. The first-order valence-electron chi connectivity index (χ1n) is 4.45. The van der Waals surface area contributed by atoms with Gasteiger partial charge < -0.3 is 4.74 Å². The standard InChI is InChI=1S/C12H13BrO/c1-12(2,8-9-13)14-10-11-6-4-3-5-7-11/h3-7H,10H2,1-2H3. The van der Waals surface area contributed by atoms with Gasteiger partial charge in [0.05, 0.1) is 6.61 Å². The zero-order valence-corrected chi connectivity index (χ0v) is 9.97. The molecular formula is C12H13BrO. The lowest BCUT2D eigenvalue weighted by atomic mass is 10.1. The van der Waals surface area contributed by atoms with Gasteiger partial charge in [-0.05, 0) is 24.2 Å². The minimum absolute atomic E-state index is 0.403. The molecule has 0 aliphatic rings. The number of halogens is 1. The maximum absolute atomic E-state index is 5.65. The quantitative estimate of drug-likeness (QED) is 0.751. The van der Waals surface area contributed by atoms with E-state index in [1.54, 1.807) is 0 Å². The number of ether oxygens (including phenoxy) is 1. The average molecular weight is 253 g/mol. The van der Waals surface area contributed by atoms with Crippen LogP contribution < -0.4 is 0 Å². The molecule has 0 atom stereocenters. The number of benzene rings is 1. The average Bonchev–Trinajstić information content (AvgIpc) is 2.17. The normalized spacial score (nSPS) is 10.5. The summed E-state index contributed by atoms with van der Waals surface area (Å²) >= 11 is 3.07. The fourth-order valence-electron chi connectivity index (χ4n) is 0.988. The Morgan fingerprint density at radius 2 is 1.93 bits per heavy atom. The van der Waals surface area contributed by atoms with E-state index in [2.05, 4.69) is 26.7 Å². The van der Waals surface area contributed by atoms with Gasteiger partial charge in [0.1, 0.15) is 5.60 Å². The summed E-state index contributed by atoms with van der Waals surface area (Å²) in [5.41, 5.74) is 0.760. The van der Waals surface area contributed by atoms with Gasteiger partial charge in [0, 0.05) is 15.9 Å². The van der Waals surface area contributed by atoms with E-state index in [0.29, 0.717) is 6.61 Å². The molecule has 0 saturated carbocycles. The molecule has 0 fully saturated rings. The highest BCUT2D eigenvalue weighted by atomic mass is 79.9. The van der Waals surface area contributed by atoms with Crippen LogP contribution in [0.3, 0.4) is 0 Å². The highest BCUT2D eigenvalue weighted by Crippen LogP contribution is 2.11. The Morgan fingerprint density at radius 3 is 2.50 bits per heavy atom. The molecule has 0 amide bonds. The van der Waals surface area contributed by atoms with Crippen molar-refractivity contribution in [2.24, 2.45) is 0 Å². The first-order chi connectivity index (χ1) is 6.64. The van der Waals surface area contributed by atoms with Crippen molar-refractivity contribution in [1.29, 1.82) is 0 Å². The molecule has 0 bridgehead atoms. The summed E-state index contributed by atoms with van der Waals surface area (Å²) in [6.45, 7) is 4.49. The Balaban J connectivity index is 2.52. The Morgan fingerprint density at radius 1 is 1.29 bits per heavy atom. The Labute approximate surface area is 93.6 Å². The summed E-state index contributed by atoms with van der Waals surface area (Å²) < 4.78 is 5.65. The molecule has 1 rings (SSSR count). The van der Waals surface area contributed by atoms with Crippen molar-refractivity contribution >= 4 is 15.9 Å². The van der Waals surface area contributed by atoms with Crippen LogP contribution in [-0.2, 0) is 11.3 Å². The van der Waals surface area contributed by atoms with E-state index in [9.17, 15) is 0 Å². The fraction of sp³-hybridized carbons (Fsp3) is 0.333. The molecule has 0 radical (unpaired) electrons. The van der Waals surface area contributed by atoms with Gasteiger partial charge in [-0.1, -0.05) is 36.3 Å². The van der Waals surface area contributed by atoms with Gasteiger partial charge >= 0.3 is 0 Å². The molecule has 0 N–H and O–H groups in total. The van der Waals surface area contributed by atoms with Crippen molar-refractivity contribution in [3.8, 4) is 10.8 Å². The van der Waals surface area contributed by atoms with Crippen LogP contribution >= 0.6 is 15.9 Å². The summed E-state index contributed by atoms with van der Waals surface area (Å²) in [5.74, 6) is 2.94. The van der Waals surface area contributed by atoms with Crippen LogP contribution in [0.1, 0.15) is 19.4 Å². The molecule has 0 aliphatic heterocycles. The maximum Gasteiger partial charge on any atom is 0.124 e. The molecule has 0 aliphatic carbocycles. The first kappa shape index (κ1) is 11.3. The predicted octanol–water partition coefficient (Wildman–Crippen LogP) is 3.34. The largest absolute Gasteiger partial charge is 0.358 e. The molecule has 2 heteroatoms. The third-order valence-electron chi connectivity index (χ3n) is 1.79. The Bertz CT molecular complexity index is 332. The smallest absolute Gasteiger partial charge is 0.124 e. The monoisotopic (exact) mass is 252 g/mol. The Kier molecular flexibility index (Phi) is 4.19. The van der Waals surface area contributed by atoms with Crippen molar-refractivity contribution in [3.63, 3.8) is 0 Å². The van der Waals surface area contributed by atoms with E-state index in [4.69, 9.17) is 4.74 Å². The number of hydrogen-bond donors (Lipinski definition) is 0. The van der Waals surface area contributed by atoms with Crippen molar-refractivity contribution in [2.75, 3.05) is 0 Å². The topological polar surface area (TPSA) is 9.23 Å². The number of hydrogen-bond acceptors (Lipinski definition) is 1. The summed E-state index contributed by atoms with van der Waals surface area (Å²) in [5, 5.41) is 0. The lowest BCUT2D eigenvalue weighted by molar-refractivity contribution is 0.0145. The Hall–Kier alpha value is -0.780. The maximum atomic E-state index is 5.65. The zero-order chi connectivity index (χ0) is 10.4. The second kappa shape index (κ2) is 5.19. The van der Waals surface area contributed by atoms with Crippen molar-refractivity contribution in [1.82, 2.24) is 0 Å². The zero-order valence-electron chi connectivity index (χ0n) is 8.38. The molecule has 14 heavy (non-hydrogen) atoms. The molecule has 0 aromatic heterocycles. The van der Waals surface area contributed by atoms with Crippen molar-refractivity contribution < 1.29 is 4.74 Å². The molecule has 74 valence electrons. The minimum Gasteiger partial charge on any atom is -0.358 e. The molecule has 1 aromatic rings. The summed E-state index contributed by atoms with van der Waals surface area (Å²) in [6.07, 6.45) is 0. The van der Waals surface area contributed by atoms with E-state index in [0.717, 1.165) is 5.56 Å².